The summed E-state index contributed by atoms with van der Waals surface area (Å²) in [6.07, 6.45) is -0.739. The summed E-state index contributed by atoms with van der Waals surface area (Å²) in [6.45, 7) is 17.2. The summed E-state index contributed by atoms with van der Waals surface area (Å²) in [4.78, 5) is 26.8. The molecule has 192 valence electrons. The molecule has 2 aromatic rings. The predicted octanol–water partition coefficient (Wildman–Crippen LogP) is 5.00. The summed E-state index contributed by atoms with van der Waals surface area (Å²) in [5.74, 6) is -1.11. The van der Waals surface area contributed by atoms with Crippen LogP contribution in [0.5, 0.6) is 0 Å². The van der Waals surface area contributed by atoms with E-state index < -0.39 is 42.7 Å². The molecule has 0 saturated carbocycles. The fraction of sp³-hybridized carbons (Fsp3) is 0.500. The maximum atomic E-state index is 13.7. The second-order valence-corrected chi connectivity index (χ2v) is 15.2. The fourth-order valence-electron chi connectivity index (χ4n) is 4.20. The van der Waals surface area contributed by atoms with Gasteiger partial charge in [-0.2, -0.15) is 0 Å². The lowest BCUT2D eigenvalue weighted by molar-refractivity contribution is -0.171. The lowest BCUT2D eigenvalue weighted by atomic mass is 10.00. The smallest absolute Gasteiger partial charge is 0.410 e. The molecule has 0 aromatic heterocycles. The molecule has 0 heterocycles. The third-order valence-corrected chi connectivity index (χ3v) is 10.8. The number of esters is 1. The molecule has 7 heteroatoms. The van der Waals surface area contributed by atoms with Crippen molar-refractivity contribution < 1.29 is 23.5 Å². The van der Waals surface area contributed by atoms with Crippen LogP contribution in [0.2, 0.25) is 5.04 Å². The van der Waals surface area contributed by atoms with Gasteiger partial charge >= 0.3 is 12.1 Å². The van der Waals surface area contributed by atoms with Crippen molar-refractivity contribution in [3.05, 3.63) is 60.7 Å². The molecule has 1 atom stereocenters. The molecule has 1 amide bonds. The van der Waals surface area contributed by atoms with Gasteiger partial charge < -0.3 is 13.9 Å². The topological polar surface area (TPSA) is 73.9 Å². The van der Waals surface area contributed by atoms with E-state index in [2.05, 4.69) is 26.1 Å². The minimum atomic E-state index is -3.24. The van der Waals surface area contributed by atoms with Gasteiger partial charge in [-0.1, -0.05) is 95.3 Å². The van der Waals surface area contributed by atoms with Crippen LogP contribution in [-0.4, -0.2) is 38.3 Å². The number of hydrogen-bond acceptors (Lipinski definition) is 5. The lowest BCUT2D eigenvalue weighted by Gasteiger charge is -2.49. The maximum Gasteiger partial charge on any atom is 0.410 e. The zero-order valence-corrected chi connectivity index (χ0v) is 23.6. The first-order chi connectivity index (χ1) is 16.2. The van der Waals surface area contributed by atoms with Crippen molar-refractivity contribution in [2.24, 2.45) is 5.92 Å². The summed E-state index contributed by atoms with van der Waals surface area (Å²) in [5.41, 5.74) is -2.53. The van der Waals surface area contributed by atoms with Crippen LogP contribution in [0.1, 0.15) is 62.3 Å². The molecule has 0 aliphatic carbocycles. The van der Waals surface area contributed by atoms with Gasteiger partial charge in [0.25, 0.3) is 8.32 Å². The van der Waals surface area contributed by atoms with Crippen LogP contribution < -0.4 is 15.7 Å². The number of carbonyl (C=O) groups is 2. The highest BCUT2D eigenvalue weighted by molar-refractivity contribution is 6.99. The Bertz CT molecular complexity index is 940. The summed E-state index contributed by atoms with van der Waals surface area (Å²) in [7, 11) is -3.24. The van der Waals surface area contributed by atoms with E-state index in [1.165, 1.54) is 0 Å². The Morgan fingerprint density at radius 1 is 0.857 bits per heavy atom. The standard InChI is InChI=1S/C28H41NO5Si/c1-10-32-24(30)28(21(2)3,29-25(31)33-26(4,5)6)34-35(27(7,8)9,22-17-13-11-14-18-22)23-19-15-12-16-20-23/h11-21H,10H2,1-9H3,(H,29,31). The van der Waals surface area contributed by atoms with Crippen molar-refractivity contribution in [3.8, 4) is 0 Å². The molecular weight excluding hydrogens is 458 g/mol. The fourth-order valence-corrected chi connectivity index (χ4v) is 8.98. The highest BCUT2D eigenvalue weighted by Crippen LogP contribution is 2.40. The number of nitrogens with one attached hydrogen (secondary N) is 1. The first-order valence-electron chi connectivity index (χ1n) is 12.2. The molecule has 1 N–H and O–H groups in total. The van der Waals surface area contributed by atoms with Gasteiger partial charge in [-0.05, 0) is 43.1 Å². The van der Waals surface area contributed by atoms with Gasteiger partial charge in [0.15, 0.2) is 0 Å². The molecule has 0 saturated heterocycles. The quantitative estimate of drug-likeness (QED) is 0.314. The van der Waals surface area contributed by atoms with E-state index in [1.54, 1.807) is 27.7 Å². The Morgan fingerprint density at radius 2 is 1.31 bits per heavy atom. The van der Waals surface area contributed by atoms with Crippen molar-refractivity contribution in [1.82, 2.24) is 5.32 Å². The normalized spacial score (nSPS) is 14.2. The van der Waals surface area contributed by atoms with E-state index in [9.17, 15) is 9.59 Å². The molecule has 2 rings (SSSR count). The average Bonchev–Trinajstić information content (AvgIpc) is 2.75. The average molecular weight is 500 g/mol. The number of benzene rings is 2. The first kappa shape index (κ1) is 28.6. The number of carbonyl (C=O) groups excluding carboxylic acids is 2. The molecule has 0 aliphatic heterocycles. The first-order valence-corrected chi connectivity index (χ1v) is 14.1. The molecule has 0 fully saturated rings. The molecule has 2 aromatic carbocycles. The molecular formula is C28H41NO5Si. The predicted molar refractivity (Wildman–Crippen MR) is 142 cm³/mol. The zero-order chi connectivity index (χ0) is 26.5. The van der Waals surface area contributed by atoms with Gasteiger partial charge in [0.05, 0.1) is 6.61 Å². The molecule has 35 heavy (non-hydrogen) atoms. The highest BCUT2D eigenvalue weighted by atomic mass is 28.4. The van der Waals surface area contributed by atoms with E-state index in [4.69, 9.17) is 13.9 Å². The summed E-state index contributed by atoms with van der Waals surface area (Å²) in [6, 6.07) is 19.9. The Hall–Kier alpha value is -2.64. The second kappa shape index (κ2) is 11.0. The van der Waals surface area contributed by atoms with Crippen LogP contribution in [0.3, 0.4) is 0 Å². The summed E-state index contributed by atoms with van der Waals surface area (Å²) < 4.78 is 18.3. The number of ether oxygens (including phenoxy) is 2. The number of hydrogen-bond donors (Lipinski definition) is 1. The molecule has 6 nitrogen and oxygen atoms in total. The number of alkyl carbamates (subject to hydrolysis) is 1. The Morgan fingerprint density at radius 3 is 1.66 bits per heavy atom. The van der Waals surface area contributed by atoms with Gasteiger partial charge in [-0.15, -0.1) is 0 Å². The van der Waals surface area contributed by atoms with Gasteiger partial charge in [-0.25, -0.2) is 9.59 Å². The Labute approximate surface area is 211 Å². The van der Waals surface area contributed by atoms with Crippen LogP contribution in [0.25, 0.3) is 0 Å². The van der Waals surface area contributed by atoms with E-state index in [0.717, 1.165) is 10.4 Å². The van der Waals surface area contributed by atoms with E-state index >= 15 is 0 Å². The minimum Gasteiger partial charge on any atom is -0.462 e. The van der Waals surface area contributed by atoms with Crippen molar-refractivity contribution >= 4 is 30.8 Å². The third-order valence-electron chi connectivity index (χ3n) is 5.81. The van der Waals surface area contributed by atoms with Crippen LogP contribution in [0.4, 0.5) is 4.79 Å². The van der Waals surface area contributed by atoms with Crippen LogP contribution in [-0.2, 0) is 18.7 Å². The Kier molecular flexibility index (Phi) is 8.95. The van der Waals surface area contributed by atoms with Crippen molar-refractivity contribution in [2.45, 2.75) is 78.7 Å². The van der Waals surface area contributed by atoms with Gasteiger partial charge in [0, 0.05) is 5.92 Å². The van der Waals surface area contributed by atoms with Crippen LogP contribution in [0, 0.1) is 5.92 Å². The van der Waals surface area contributed by atoms with Crippen LogP contribution >= 0.6 is 0 Å². The summed E-state index contributed by atoms with van der Waals surface area (Å²) >= 11 is 0. The number of rotatable bonds is 8. The van der Waals surface area contributed by atoms with Crippen LogP contribution in [0.15, 0.2) is 60.7 Å². The molecule has 0 radical (unpaired) electrons. The van der Waals surface area contributed by atoms with Gasteiger partial charge in [-0.3, -0.25) is 5.32 Å². The molecule has 0 aliphatic rings. The summed E-state index contributed by atoms with van der Waals surface area (Å²) in [5, 5.41) is 4.37. The lowest BCUT2D eigenvalue weighted by Crippen LogP contribution is -2.75. The van der Waals surface area contributed by atoms with Crippen molar-refractivity contribution in [2.75, 3.05) is 6.61 Å². The minimum absolute atomic E-state index is 0.146. The second-order valence-electron chi connectivity index (χ2n) is 11.0. The zero-order valence-electron chi connectivity index (χ0n) is 22.6. The van der Waals surface area contributed by atoms with Crippen molar-refractivity contribution in [1.29, 1.82) is 0 Å². The molecule has 0 bridgehead atoms. The van der Waals surface area contributed by atoms with E-state index in [0.29, 0.717) is 0 Å². The van der Waals surface area contributed by atoms with Gasteiger partial charge in [0.1, 0.15) is 5.60 Å². The monoisotopic (exact) mass is 499 g/mol. The number of amides is 1. The van der Waals surface area contributed by atoms with E-state index in [1.807, 2.05) is 74.5 Å². The Balaban J connectivity index is 2.86. The SMILES string of the molecule is CCOC(=O)C(NC(=O)OC(C)(C)C)(O[Si](c1ccccc1)(c1ccccc1)C(C)(C)C)C(C)C. The maximum absolute atomic E-state index is 13.7. The van der Waals surface area contributed by atoms with E-state index in [-0.39, 0.29) is 6.61 Å². The van der Waals surface area contributed by atoms with Crippen molar-refractivity contribution in [3.63, 3.8) is 0 Å². The third kappa shape index (κ3) is 6.33. The molecule has 1 unspecified atom stereocenters. The largest absolute Gasteiger partial charge is 0.462 e. The molecule has 0 spiro atoms. The highest BCUT2D eigenvalue weighted by Gasteiger charge is 2.59. The van der Waals surface area contributed by atoms with Gasteiger partial charge in [0.2, 0.25) is 5.72 Å².